The summed E-state index contributed by atoms with van der Waals surface area (Å²) >= 11 is 0. The average molecular weight is 291 g/mol. The van der Waals surface area contributed by atoms with E-state index in [2.05, 4.69) is 57.3 Å². The van der Waals surface area contributed by atoms with Gasteiger partial charge in [0.15, 0.2) is 0 Å². The van der Waals surface area contributed by atoms with Crippen molar-refractivity contribution in [2.24, 2.45) is 0 Å². The summed E-state index contributed by atoms with van der Waals surface area (Å²) in [5.41, 5.74) is 1.03. The predicted octanol–water partition coefficient (Wildman–Crippen LogP) is 3.44. The highest BCUT2D eigenvalue weighted by molar-refractivity contribution is 5.19. The van der Waals surface area contributed by atoms with Gasteiger partial charge in [-0.05, 0) is 52.5 Å². The Morgan fingerprint density at radius 1 is 1.24 bits per heavy atom. The first-order valence-corrected chi connectivity index (χ1v) is 7.96. The molecule has 2 N–H and O–H groups in total. The fourth-order valence-electron chi connectivity index (χ4n) is 3.39. The fourth-order valence-corrected chi connectivity index (χ4v) is 3.39. The summed E-state index contributed by atoms with van der Waals surface area (Å²) in [6.45, 7) is 8.87. The molecule has 0 saturated carbocycles. The molecule has 0 aromatic heterocycles. The Bertz CT molecular complexity index is 442. The van der Waals surface area contributed by atoms with Crippen molar-refractivity contribution in [2.75, 3.05) is 6.61 Å². The van der Waals surface area contributed by atoms with Crippen LogP contribution in [0.4, 0.5) is 0 Å². The Balaban J connectivity index is 2.12. The molecule has 2 atom stereocenters. The van der Waals surface area contributed by atoms with Gasteiger partial charge in [-0.1, -0.05) is 30.3 Å². The molecule has 1 aliphatic heterocycles. The number of ether oxygens (including phenoxy) is 1. The number of hydrogen-bond acceptors (Lipinski definition) is 3. The summed E-state index contributed by atoms with van der Waals surface area (Å²) in [7, 11) is 0. The molecular formula is C18H29NO2. The van der Waals surface area contributed by atoms with E-state index in [-0.39, 0.29) is 23.9 Å². The number of hydrogen-bond donors (Lipinski definition) is 2. The maximum atomic E-state index is 9.16. The van der Waals surface area contributed by atoms with Gasteiger partial charge in [-0.2, -0.15) is 0 Å². The van der Waals surface area contributed by atoms with Gasteiger partial charge < -0.3 is 15.2 Å². The second-order valence-electron chi connectivity index (χ2n) is 7.22. The number of aliphatic hydroxyl groups excluding tert-OH is 1. The number of rotatable bonds is 6. The summed E-state index contributed by atoms with van der Waals surface area (Å²) in [4.78, 5) is 0. The topological polar surface area (TPSA) is 41.5 Å². The van der Waals surface area contributed by atoms with Crippen LogP contribution in [0.3, 0.4) is 0 Å². The average Bonchev–Trinajstić information content (AvgIpc) is 2.63. The van der Waals surface area contributed by atoms with E-state index in [9.17, 15) is 0 Å². The summed E-state index contributed by atoms with van der Waals surface area (Å²) in [5.74, 6) is 0. The molecule has 1 fully saturated rings. The molecule has 2 unspecified atom stereocenters. The third kappa shape index (κ3) is 4.29. The van der Waals surface area contributed by atoms with Crippen LogP contribution in [0.15, 0.2) is 30.3 Å². The van der Waals surface area contributed by atoms with Gasteiger partial charge in [-0.25, -0.2) is 0 Å². The lowest BCUT2D eigenvalue weighted by atomic mass is 9.92. The molecule has 3 heteroatoms. The largest absolute Gasteiger partial charge is 0.396 e. The summed E-state index contributed by atoms with van der Waals surface area (Å²) in [5, 5.41) is 12.9. The molecule has 1 aromatic rings. The van der Waals surface area contributed by atoms with Crippen LogP contribution in [0.2, 0.25) is 0 Å². The van der Waals surface area contributed by atoms with Crippen LogP contribution >= 0.6 is 0 Å². The molecule has 0 amide bonds. The Morgan fingerprint density at radius 2 is 1.90 bits per heavy atom. The van der Waals surface area contributed by atoms with Gasteiger partial charge in [0.05, 0.1) is 11.2 Å². The van der Waals surface area contributed by atoms with Crippen LogP contribution < -0.4 is 5.32 Å². The van der Waals surface area contributed by atoms with E-state index in [1.54, 1.807) is 0 Å². The molecule has 118 valence electrons. The van der Waals surface area contributed by atoms with Gasteiger partial charge in [0.1, 0.15) is 0 Å². The van der Waals surface area contributed by atoms with Crippen molar-refractivity contribution in [1.29, 1.82) is 0 Å². The van der Waals surface area contributed by atoms with Crippen molar-refractivity contribution in [3.8, 4) is 0 Å². The van der Waals surface area contributed by atoms with Crippen LogP contribution in [-0.4, -0.2) is 29.0 Å². The van der Waals surface area contributed by atoms with E-state index in [1.807, 2.05) is 6.07 Å². The van der Waals surface area contributed by atoms with Gasteiger partial charge in [-0.15, -0.1) is 0 Å². The maximum absolute atomic E-state index is 9.16. The second-order valence-corrected chi connectivity index (χ2v) is 7.22. The molecule has 3 nitrogen and oxygen atoms in total. The van der Waals surface area contributed by atoms with Gasteiger partial charge >= 0.3 is 0 Å². The minimum atomic E-state index is -0.171. The van der Waals surface area contributed by atoms with Gasteiger partial charge in [0, 0.05) is 18.7 Å². The monoisotopic (exact) mass is 291 g/mol. The van der Waals surface area contributed by atoms with Gasteiger partial charge in [-0.3, -0.25) is 0 Å². The summed E-state index contributed by atoms with van der Waals surface area (Å²) in [6.07, 6.45) is 2.75. The van der Waals surface area contributed by atoms with E-state index >= 15 is 0 Å². The minimum absolute atomic E-state index is 0.0839. The zero-order valence-electron chi connectivity index (χ0n) is 13.7. The summed E-state index contributed by atoms with van der Waals surface area (Å²) < 4.78 is 6.18. The SMILES string of the molecule is CC1(C)CC(NC(CCCO)c2ccccc2)C(C)(C)O1. The molecular weight excluding hydrogens is 262 g/mol. The Morgan fingerprint density at radius 3 is 2.43 bits per heavy atom. The van der Waals surface area contributed by atoms with Crippen LogP contribution in [0, 0.1) is 0 Å². The molecule has 1 heterocycles. The van der Waals surface area contributed by atoms with E-state index in [4.69, 9.17) is 9.84 Å². The molecule has 21 heavy (non-hydrogen) atoms. The van der Waals surface area contributed by atoms with E-state index in [1.165, 1.54) is 5.56 Å². The van der Waals surface area contributed by atoms with Crippen LogP contribution in [-0.2, 0) is 4.74 Å². The van der Waals surface area contributed by atoms with Crippen molar-refractivity contribution in [2.45, 2.75) is 70.2 Å². The standard InChI is InChI=1S/C18H29NO2/c1-17(2)13-16(18(3,4)21-17)19-15(11-8-12-20)14-9-6-5-7-10-14/h5-7,9-10,15-16,19-20H,8,11-13H2,1-4H3. The first kappa shape index (κ1) is 16.5. The first-order valence-electron chi connectivity index (χ1n) is 7.96. The third-order valence-electron chi connectivity index (χ3n) is 4.33. The van der Waals surface area contributed by atoms with Crippen molar-refractivity contribution in [1.82, 2.24) is 5.32 Å². The first-order chi connectivity index (χ1) is 9.84. The van der Waals surface area contributed by atoms with E-state index < -0.39 is 0 Å². The molecule has 2 rings (SSSR count). The molecule has 1 aliphatic rings. The smallest absolute Gasteiger partial charge is 0.0787 e. The van der Waals surface area contributed by atoms with E-state index in [0.717, 1.165) is 19.3 Å². The number of nitrogens with one attached hydrogen (secondary N) is 1. The number of aliphatic hydroxyl groups is 1. The highest BCUT2D eigenvalue weighted by Crippen LogP contribution is 2.38. The van der Waals surface area contributed by atoms with Crippen molar-refractivity contribution < 1.29 is 9.84 Å². The van der Waals surface area contributed by atoms with E-state index in [0.29, 0.717) is 6.04 Å². The third-order valence-corrected chi connectivity index (χ3v) is 4.33. The minimum Gasteiger partial charge on any atom is -0.396 e. The lowest BCUT2D eigenvalue weighted by Gasteiger charge is -2.31. The Labute approximate surface area is 128 Å². The lowest BCUT2D eigenvalue weighted by molar-refractivity contribution is -0.0705. The molecule has 0 radical (unpaired) electrons. The summed E-state index contributed by atoms with van der Waals surface area (Å²) in [6, 6.07) is 11.1. The number of benzene rings is 1. The van der Waals surface area contributed by atoms with Crippen molar-refractivity contribution in [3.63, 3.8) is 0 Å². The molecule has 1 aromatic carbocycles. The molecule has 0 aliphatic carbocycles. The predicted molar refractivity (Wildman–Crippen MR) is 86.3 cm³/mol. The van der Waals surface area contributed by atoms with Crippen molar-refractivity contribution >= 4 is 0 Å². The second kappa shape index (κ2) is 6.47. The Hall–Kier alpha value is -0.900. The zero-order chi connectivity index (χ0) is 15.5. The fraction of sp³-hybridized carbons (Fsp3) is 0.667. The zero-order valence-corrected chi connectivity index (χ0v) is 13.7. The normalized spacial score (nSPS) is 24.9. The van der Waals surface area contributed by atoms with Crippen LogP contribution in [0.5, 0.6) is 0 Å². The quantitative estimate of drug-likeness (QED) is 0.843. The maximum Gasteiger partial charge on any atom is 0.0787 e. The molecule has 0 bridgehead atoms. The van der Waals surface area contributed by atoms with Crippen LogP contribution in [0.25, 0.3) is 0 Å². The highest BCUT2D eigenvalue weighted by Gasteiger charge is 2.46. The Kier molecular flexibility index (Phi) is 5.07. The van der Waals surface area contributed by atoms with Gasteiger partial charge in [0.25, 0.3) is 0 Å². The highest BCUT2D eigenvalue weighted by atomic mass is 16.5. The van der Waals surface area contributed by atoms with Crippen LogP contribution in [0.1, 0.15) is 58.6 Å². The van der Waals surface area contributed by atoms with Crippen molar-refractivity contribution in [3.05, 3.63) is 35.9 Å². The van der Waals surface area contributed by atoms with Gasteiger partial charge in [0.2, 0.25) is 0 Å². The molecule has 1 saturated heterocycles. The lowest BCUT2D eigenvalue weighted by Crippen LogP contribution is -2.45. The molecule has 0 spiro atoms.